The fourth-order valence-electron chi connectivity index (χ4n) is 26.1. The van der Waals surface area contributed by atoms with Crippen LogP contribution in [0, 0.1) is 57.8 Å². The van der Waals surface area contributed by atoms with E-state index in [1.54, 1.807) is 12.4 Å². The molecule has 24 heteroatoms. The van der Waals surface area contributed by atoms with Gasteiger partial charge in [-0.05, 0) is 147 Å². The second-order valence-electron chi connectivity index (χ2n) is 38.9. The topological polar surface area (TPSA) is 271 Å². The van der Waals surface area contributed by atoms with Crippen LogP contribution in [0.3, 0.4) is 0 Å². The second-order valence-corrected chi connectivity index (χ2v) is 38.9. The fourth-order valence-corrected chi connectivity index (χ4v) is 26.1. The van der Waals surface area contributed by atoms with Crippen LogP contribution in [0.15, 0.2) is 115 Å². The van der Waals surface area contributed by atoms with Gasteiger partial charge in [-0.25, -0.2) is 54.1 Å². The van der Waals surface area contributed by atoms with Gasteiger partial charge < -0.3 is 23.9 Å². The zero-order valence-corrected chi connectivity index (χ0v) is 68.7. The van der Waals surface area contributed by atoms with Gasteiger partial charge in [0.15, 0.2) is 39.8 Å². The number of Topliss-reactive ketones (excluding diaryl/α,β-unsaturated/α-hetero) is 3. The molecule has 22 rings (SSSR count). The molecule has 0 bridgehead atoms. The summed E-state index contributed by atoms with van der Waals surface area (Å²) in [5.74, 6) is 3.06. The molecule has 11 aromatic rings. The highest BCUT2D eigenvalue weighted by Gasteiger charge is 2.66. The number of carbonyl (C=O) groups is 3. The molecule has 11 atom stereocenters. The monoisotopic (exact) mass is 1540 g/mol. The van der Waals surface area contributed by atoms with Crippen molar-refractivity contribution in [2.24, 2.45) is 51.2 Å². The minimum atomic E-state index is -0.559. The van der Waals surface area contributed by atoms with Gasteiger partial charge in [-0.2, -0.15) is 25.5 Å². The third-order valence-electron chi connectivity index (χ3n) is 31.3. The SMILES string of the molecule is CC1(C)C(=O)/C(=C\O)C[C@]2(C)c3c(cnc4ccnn34)CC[C@@H]12.CC1(C)C(=O)CC[C@]2(C)c3c(cnc4ccnn34)CC[C@@H]12.CC1(C)[C@@H]2CCc3cnc4ccnn4c3[C@@]2(C)CCC12OCCO2.CC1(C)c2oncc2C[C@]2(C)c3c(cnc4ccnn34)CC[C@@H]12.[C-]#[N+]C1C[C@]2(C)c3c(cnc4ccnn34)CC[C@H]2C(C)(C)C1=O. The van der Waals surface area contributed by atoms with Crippen LogP contribution in [0.4, 0.5) is 0 Å². The van der Waals surface area contributed by atoms with Gasteiger partial charge >= 0.3 is 0 Å². The van der Waals surface area contributed by atoms with Crippen molar-refractivity contribution in [2.75, 3.05) is 13.2 Å². The number of ether oxygens (including phenoxy) is 2. The number of aryl methyl sites for hydroxylation is 5. The molecule has 10 aliphatic carbocycles. The summed E-state index contributed by atoms with van der Waals surface area (Å²) in [6.45, 7) is 42.0. The van der Waals surface area contributed by atoms with E-state index < -0.39 is 22.7 Å². The van der Waals surface area contributed by atoms with Crippen molar-refractivity contribution in [3.05, 3.63) is 189 Å². The Kier molecular flexibility index (Phi) is 17.3. The molecule has 4 saturated carbocycles. The highest BCUT2D eigenvalue weighted by molar-refractivity contribution is 6.01. The molecule has 0 radical (unpaired) electrons. The van der Waals surface area contributed by atoms with Crippen LogP contribution in [0.1, 0.15) is 242 Å². The summed E-state index contributed by atoms with van der Waals surface area (Å²) < 4.78 is 28.0. The quantitative estimate of drug-likeness (QED) is 0.0839. The van der Waals surface area contributed by atoms with Gasteiger partial charge in [-0.1, -0.05) is 109 Å². The molecular weight excluding hydrogens is 1430 g/mol. The first-order chi connectivity index (χ1) is 54.2. The molecule has 114 heavy (non-hydrogen) atoms. The Morgan fingerprint density at radius 1 is 0.430 bits per heavy atom. The van der Waals surface area contributed by atoms with Gasteiger partial charge in [-0.3, -0.25) is 14.4 Å². The molecule has 12 heterocycles. The molecule has 24 nitrogen and oxygen atoms in total. The van der Waals surface area contributed by atoms with Gasteiger partial charge in [-0.15, -0.1) is 0 Å². The maximum atomic E-state index is 12.8. The number of fused-ring (bicyclic) bond motifs is 26. The number of carbonyl (C=O) groups excluding carboxylic acids is 3. The molecule has 594 valence electrons. The lowest BCUT2D eigenvalue weighted by Crippen LogP contribution is -2.61. The van der Waals surface area contributed by atoms with Crippen molar-refractivity contribution in [1.29, 1.82) is 0 Å². The molecule has 5 fully saturated rings. The van der Waals surface area contributed by atoms with Crippen molar-refractivity contribution in [2.45, 2.75) is 257 Å². The van der Waals surface area contributed by atoms with E-state index in [-0.39, 0.29) is 66.7 Å². The summed E-state index contributed by atoms with van der Waals surface area (Å²) in [7, 11) is 0. The molecular formula is C90H107N17O7. The van der Waals surface area contributed by atoms with E-state index in [0.29, 0.717) is 48.4 Å². The Bertz CT molecular complexity index is 5810. The number of aromatic nitrogens is 16. The zero-order valence-electron chi connectivity index (χ0n) is 68.7. The van der Waals surface area contributed by atoms with Gasteiger partial charge in [0.25, 0.3) is 6.04 Å². The molecule has 1 unspecified atom stereocenters. The van der Waals surface area contributed by atoms with Crippen molar-refractivity contribution < 1.29 is 33.5 Å². The van der Waals surface area contributed by atoms with Crippen LogP contribution in [0.5, 0.6) is 0 Å². The summed E-state index contributed by atoms with van der Waals surface area (Å²) in [4.78, 5) is 64.2. The smallest absolute Gasteiger partial charge is 0.282 e. The van der Waals surface area contributed by atoms with Crippen molar-refractivity contribution >= 4 is 45.6 Å². The van der Waals surface area contributed by atoms with Crippen LogP contribution >= 0.6 is 0 Å². The van der Waals surface area contributed by atoms with Crippen LogP contribution in [-0.4, -0.2) is 126 Å². The van der Waals surface area contributed by atoms with Gasteiger partial charge in [0.05, 0.1) is 85.1 Å². The minimum Gasteiger partial charge on any atom is -0.515 e. The van der Waals surface area contributed by atoms with E-state index in [2.05, 4.69) is 152 Å². The predicted octanol–water partition coefficient (Wildman–Crippen LogP) is 14.9. The van der Waals surface area contributed by atoms with E-state index in [4.69, 9.17) is 20.6 Å². The number of hydrogen-bond acceptors (Lipinski definition) is 18. The maximum absolute atomic E-state index is 12.8. The average molecular weight is 1540 g/mol. The van der Waals surface area contributed by atoms with Crippen LogP contribution in [-0.2, 0) is 94.9 Å². The molecule has 1 saturated heterocycles. The summed E-state index contributed by atoms with van der Waals surface area (Å²) in [6, 6.07) is 9.16. The molecule has 1 spiro atoms. The van der Waals surface area contributed by atoms with E-state index in [1.165, 1.54) is 50.5 Å². The Morgan fingerprint density at radius 3 is 1.24 bits per heavy atom. The van der Waals surface area contributed by atoms with Gasteiger partial charge in [0.1, 0.15) is 11.5 Å². The number of nitrogens with zero attached hydrogens (tertiary/aromatic N) is 17. The maximum Gasteiger partial charge on any atom is 0.282 e. The lowest BCUT2D eigenvalue weighted by Gasteiger charge is -2.59. The third kappa shape index (κ3) is 10.8. The summed E-state index contributed by atoms with van der Waals surface area (Å²) >= 11 is 0. The Morgan fingerprint density at radius 2 is 0.807 bits per heavy atom. The molecule has 11 aromatic heterocycles. The average Bonchev–Trinajstić information content (AvgIpc) is 1.04. The van der Waals surface area contributed by atoms with Crippen molar-refractivity contribution in [3.63, 3.8) is 0 Å². The first-order valence-corrected chi connectivity index (χ1v) is 41.4. The van der Waals surface area contributed by atoms with Gasteiger partial charge in [0, 0.05) is 146 Å². The number of aliphatic hydroxyl groups is 1. The molecule has 1 N–H and O–H groups in total. The van der Waals surface area contributed by atoms with Crippen molar-refractivity contribution in [3.8, 4) is 0 Å². The lowest BCUT2D eigenvalue weighted by atomic mass is 9.49. The normalized spacial score (nSPS) is 31.2. The Hall–Kier alpha value is -9.73. The third-order valence-corrected chi connectivity index (χ3v) is 31.3. The molecule has 1 aliphatic heterocycles. The van der Waals surface area contributed by atoms with E-state index in [1.807, 2.05) is 121 Å². The largest absolute Gasteiger partial charge is 0.515 e. The summed E-state index contributed by atoms with van der Waals surface area (Å²) in [5.41, 5.74) is 17.2. The van der Waals surface area contributed by atoms with E-state index in [9.17, 15) is 19.5 Å². The lowest BCUT2D eigenvalue weighted by molar-refractivity contribution is -0.276. The number of hydrogen-bond donors (Lipinski definition) is 1. The Balaban J connectivity index is 0.0000000991. The second kappa shape index (κ2) is 26.1. The molecule has 0 amide bonds. The van der Waals surface area contributed by atoms with Crippen LogP contribution in [0.2, 0.25) is 0 Å². The number of ketones is 3. The Labute approximate surface area is 664 Å². The van der Waals surface area contributed by atoms with Crippen LogP contribution < -0.4 is 0 Å². The fraction of sp³-hybridized carbons (Fsp3) is 0.567. The van der Waals surface area contributed by atoms with Crippen LogP contribution in [0.25, 0.3) is 33.1 Å². The minimum absolute atomic E-state index is 0.0121. The summed E-state index contributed by atoms with van der Waals surface area (Å²) in [6.07, 6.45) is 37.8. The first-order valence-electron chi connectivity index (χ1n) is 41.4. The van der Waals surface area contributed by atoms with Gasteiger partial charge in [0.2, 0.25) is 5.78 Å². The summed E-state index contributed by atoms with van der Waals surface area (Å²) in [5, 5.41) is 36.3. The van der Waals surface area contributed by atoms with Crippen molar-refractivity contribution in [1.82, 2.24) is 78.1 Å². The van der Waals surface area contributed by atoms with E-state index >= 15 is 0 Å². The highest BCUT2D eigenvalue weighted by Crippen LogP contribution is 2.64. The predicted molar refractivity (Wildman–Crippen MR) is 428 cm³/mol. The molecule has 11 aliphatic rings. The standard InChI is InChI=1S/C19H25N3O2.2C18H20N4O.C18H21N3O2.C17H21N3O/c1-17(2)14-5-4-13-12-20-15-6-9-21-22(15)16(13)18(14,3)7-8-19(17)23-10-11-24-19;1-17(2)13-5-4-11-9-19-14-6-7-20-22(14)15(11)18(13,3)8-12-10-21-23-16(12)17;1-17(2)13-6-5-11-10-20-14-7-8-21-22(14)15(11)18(13,3)9-12(19-4)16(17)23;1-17(2)13-5-4-11-9-19-14-6-7-20-21(14)15(11)18(13,3)8-12(10-22)16(17)23;1-16(2)12-5-4-11-10-18-14-7-9-19-20(14)15(11)17(12,3)8-6-13(16)21/h6,9,12,14H,4-5,7-8,10-11H2,1-3H3;6-7,9-10,13H,4-5,8H2,1-3H3;7-8,10,12-13H,5-6,9H2,1-3H3;6-7,9-10,13,22H,4-5,8H2,1-3H3;7,9-10,12H,4-6,8H2,1-3H3/b;;;12-10-;/t14-,18-;13-,18-;12?,13-,18-;13-,18-;12-,17-/m00000/s1. The number of aliphatic hydroxyl groups excluding tert-OH is 1. The number of rotatable bonds is 0. The molecule has 0 aromatic carbocycles. The highest BCUT2D eigenvalue weighted by atomic mass is 16.7. The number of allylic oxidation sites excluding steroid dienone is 1. The van der Waals surface area contributed by atoms with E-state index in [0.717, 1.165) is 155 Å². The zero-order chi connectivity index (χ0) is 80.0. The first kappa shape index (κ1) is 75.6.